The Balaban J connectivity index is 1.71. The first-order chi connectivity index (χ1) is 13.5. The van der Waals surface area contributed by atoms with Gasteiger partial charge in [-0.1, -0.05) is 32.0 Å². The molecule has 1 aromatic carbocycles. The van der Waals surface area contributed by atoms with Crippen molar-refractivity contribution in [2.75, 3.05) is 39.9 Å². The fourth-order valence-corrected chi connectivity index (χ4v) is 3.23. The van der Waals surface area contributed by atoms with E-state index in [9.17, 15) is 4.79 Å². The van der Waals surface area contributed by atoms with Crippen molar-refractivity contribution in [3.8, 4) is 5.75 Å². The average Bonchev–Trinajstić information content (AvgIpc) is 2.71. The third-order valence-corrected chi connectivity index (χ3v) is 4.78. The molecular weight excluding hydrogens is 356 g/mol. The number of benzene rings is 1. The van der Waals surface area contributed by atoms with Crippen LogP contribution in [0, 0.1) is 0 Å². The minimum Gasteiger partial charge on any atom is -0.491 e. The molecule has 0 saturated carbocycles. The maximum atomic E-state index is 11.8. The Morgan fingerprint density at radius 1 is 1.29 bits per heavy atom. The number of ether oxygens (including phenoxy) is 2. The summed E-state index contributed by atoms with van der Waals surface area (Å²) >= 11 is 0. The van der Waals surface area contributed by atoms with Crippen LogP contribution in [0.3, 0.4) is 0 Å². The minimum atomic E-state index is -0.220. The monoisotopic (exact) mass is 390 g/mol. The zero-order chi connectivity index (χ0) is 20.4. The average molecular weight is 391 g/mol. The molecule has 28 heavy (non-hydrogen) atoms. The van der Waals surface area contributed by atoms with Crippen LogP contribution in [0.5, 0.6) is 5.75 Å². The van der Waals surface area contributed by atoms with Crippen LogP contribution in [0.25, 0.3) is 0 Å². The van der Waals surface area contributed by atoms with Gasteiger partial charge in [-0.25, -0.2) is 4.79 Å². The first-order valence-electron chi connectivity index (χ1n) is 10.2. The van der Waals surface area contributed by atoms with Gasteiger partial charge in [0.15, 0.2) is 5.96 Å². The first-order valence-corrected chi connectivity index (χ1v) is 10.2. The summed E-state index contributed by atoms with van der Waals surface area (Å²) in [5, 5.41) is 6.73. The fourth-order valence-electron chi connectivity index (χ4n) is 3.23. The molecule has 1 amide bonds. The molecule has 0 bridgehead atoms. The normalized spacial score (nSPS) is 15.5. The van der Waals surface area contributed by atoms with Gasteiger partial charge in [0.05, 0.1) is 13.2 Å². The second-order valence-electron chi connectivity index (χ2n) is 7.14. The molecule has 0 aliphatic carbocycles. The third kappa shape index (κ3) is 6.62. The predicted molar refractivity (Wildman–Crippen MR) is 112 cm³/mol. The number of aliphatic imine (C=N–C) groups is 1. The Kier molecular flexibility index (Phi) is 8.91. The zero-order valence-electron chi connectivity index (χ0n) is 17.5. The van der Waals surface area contributed by atoms with Crippen LogP contribution in [0.1, 0.15) is 45.1 Å². The van der Waals surface area contributed by atoms with E-state index in [1.807, 2.05) is 25.1 Å². The Labute approximate surface area is 168 Å². The molecule has 2 N–H and O–H groups in total. The second-order valence-corrected chi connectivity index (χ2v) is 7.14. The van der Waals surface area contributed by atoms with Gasteiger partial charge >= 0.3 is 6.09 Å². The summed E-state index contributed by atoms with van der Waals surface area (Å²) in [6.45, 7) is 9.19. The van der Waals surface area contributed by atoms with E-state index >= 15 is 0 Å². The fraction of sp³-hybridized carbons (Fsp3) is 0.619. The molecule has 2 rings (SSSR count). The predicted octanol–water partition coefficient (Wildman–Crippen LogP) is 2.97. The Morgan fingerprint density at radius 2 is 2.00 bits per heavy atom. The quantitative estimate of drug-likeness (QED) is 0.425. The smallest absolute Gasteiger partial charge is 0.409 e. The number of piperidine rings is 1. The van der Waals surface area contributed by atoms with Crippen LogP contribution >= 0.6 is 0 Å². The molecule has 1 fully saturated rings. The molecule has 0 radical (unpaired) electrons. The second kappa shape index (κ2) is 11.4. The highest BCUT2D eigenvalue weighted by molar-refractivity contribution is 5.80. The number of para-hydroxylation sites is 1. The summed E-state index contributed by atoms with van der Waals surface area (Å²) in [7, 11) is 1.76. The van der Waals surface area contributed by atoms with Crippen LogP contribution < -0.4 is 15.4 Å². The highest BCUT2D eigenvalue weighted by Crippen LogP contribution is 2.25. The SMILES string of the molecule is CCOC(=O)N1CCC(NC(=NC)NCCOc2ccccc2C(C)C)CC1. The van der Waals surface area contributed by atoms with E-state index in [1.54, 1.807) is 11.9 Å². The molecule has 7 nitrogen and oxygen atoms in total. The van der Waals surface area contributed by atoms with Gasteiger partial charge in [-0.3, -0.25) is 4.99 Å². The number of hydrogen-bond donors (Lipinski definition) is 2. The van der Waals surface area contributed by atoms with Crippen LogP contribution in [-0.2, 0) is 4.74 Å². The topological polar surface area (TPSA) is 75.2 Å². The highest BCUT2D eigenvalue weighted by atomic mass is 16.6. The summed E-state index contributed by atoms with van der Waals surface area (Å²) in [4.78, 5) is 17.8. The number of rotatable bonds is 7. The molecule has 0 atom stereocenters. The van der Waals surface area contributed by atoms with Gasteiger partial charge in [0, 0.05) is 26.2 Å². The summed E-state index contributed by atoms with van der Waals surface area (Å²) in [6, 6.07) is 8.45. The molecule has 156 valence electrons. The van der Waals surface area contributed by atoms with Crippen molar-refractivity contribution in [1.29, 1.82) is 0 Å². The molecule has 0 aromatic heterocycles. The molecule has 7 heteroatoms. The molecular formula is C21H34N4O3. The summed E-state index contributed by atoms with van der Waals surface area (Å²) in [5.74, 6) is 2.13. The molecule has 1 saturated heterocycles. The van der Waals surface area contributed by atoms with Gasteiger partial charge in [0.2, 0.25) is 0 Å². The molecule has 0 unspecified atom stereocenters. The van der Waals surface area contributed by atoms with Crippen molar-refractivity contribution in [2.45, 2.75) is 45.6 Å². The maximum Gasteiger partial charge on any atom is 0.409 e. The third-order valence-electron chi connectivity index (χ3n) is 4.78. The molecule has 1 aliphatic rings. The molecule has 1 heterocycles. The number of nitrogens with zero attached hydrogens (tertiary/aromatic N) is 2. The largest absolute Gasteiger partial charge is 0.491 e. The molecule has 1 aliphatic heterocycles. The van der Waals surface area contributed by atoms with Crippen molar-refractivity contribution in [3.05, 3.63) is 29.8 Å². The zero-order valence-corrected chi connectivity index (χ0v) is 17.5. The van der Waals surface area contributed by atoms with E-state index in [-0.39, 0.29) is 6.09 Å². The Bertz CT molecular complexity index is 640. The maximum absolute atomic E-state index is 11.8. The lowest BCUT2D eigenvalue weighted by atomic mass is 10.0. The van der Waals surface area contributed by atoms with E-state index in [4.69, 9.17) is 9.47 Å². The number of hydrogen-bond acceptors (Lipinski definition) is 4. The number of carbonyl (C=O) groups is 1. The van der Waals surface area contributed by atoms with Crippen molar-refractivity contribution in [3.63, 3.8) is 0 Å². The standard InChI is InChI=1S/C21H34N4O3/c1-5-27-21(26)25-13-10-17(11-14-25)24-20(22-4)23-12-15-28-19-9-7-6-8-18(19)16(2)3/h6-9,16-17H,5,10-15H2,1-4H3,(H2,22,23,24). The van der Waals surface area contributed by atoms with Gasteiger partial charge in [0.25, 0.3) is 0 Å². The highest BCUT2D eigenvalue weighted by Gasteiger charge is 2.23. The summed E-state index contributed by atoms with van der Waals surface area (Å²) in [5.41, 5.74) is 1.22. The van der Waals surface area contributed by atoms with E-state index < -0.39 is 0 Å². The van der Waals surface area contributed by atoms with Gasteiger partial charge in [-0.05, 0) is 37.3 Å². The number of guanidine groups is 1. The van der Waals surface area contributed by atoms with Gasteiger partial charge in [-0.15, -0.1) is 0 Å². The van der Waals surface area contributed by atoms with E-state index in [0.717, 1.165) is 24.6 Å². The number of amides is 1. The van der Waals surface area contributed by atoms with Gasteiger partial charge < -0.3 is 25.0 Å². The minimum absolute atomic E-state index is 0.220. The molecule has 1 aromatic rings. The van der Waals surface area contributed by atoms with Crippen LogP contribution in [0.15, 0.2) is 29.3 Å². The van der Waals surface area contributed by atoms with E-state index in [1.165, 1.54) is 5.56 Å². The first kappa shape index (κ1) is 21.9. The van der Waals surface area contributed by atoms with E-state index in [0.29, 0.717) is 44.8 Å². The van der Waals surface area contributed by atoms with Gasteiger partial charge in [-0.2, -0.15) is 0 Å². The van der Waals surface area contributed by atoms with Crippen molar-refractivity contribution >= 4 is 12.1 Å². The lowest BCUT2D eigenvalue weighted by molar-refractivity contribution is 0.0963. The Hall–Kier alpha value is -2.44. The lowest BCUT2D eigenvalue weighted by Crippen LogP contribution is -2.50. The number of nitrogens with one attached hydrogen (secondary N) is 2. The molecule has 0 spiro atoms. The summed E-state index contributed by atoms with van der Waals surface area (Å²) in [6.07, 6.45) is 1.53. The van der Waals surface area contributed by atoms with Crippen molar-refractivity contribution in [1.82, 2.24) is 15.5 Å². The van der Waals surface area contributed by atoms with Crippen molar-refractivity contribution < 1.29 is 14.3 Å². The number of carbonyl (C=O) groups excluding carboxylic acids is 1. The lowest BCUT2D eigenvalue weighted by Gasteiger charge is -2.32. The van der Waals surface area contributed by atoms with Crippen LogP contribution in [0.4, 0.5) is 4.79 Å². The van der Waals surface area contributed by atoms with E-state index in [2.05, 4.69) is 35.5 Å². The van der Waals surface area contributed by atoms with Crippen LogP contribution in [0.2, 0.25) is 0 Å². The van der Waals surface area contributed by atoms with Crippen molar-refractivity contribution in [2.24, 2.45) is 4.99 Å². The summed E-state index contributed by atoms with van der Waals surface area (Å²) < 4.78 is 11.0. The number of likely N-dealkylation sites (tertiary alicyclic amines) is 1. The van der Waals surface area contributed by atoms with Gasteiger partial charge in [0.1, 0.15) is 12.4 Å². The Morgan fingerprint density at radius 3 is 2.64 bits per heavy atom. The van der Waals surface area contributed by atoms with Crippen LogP contribution in [-0.4, -0.2) is 62.9 Å².